The van der Waals surface area contributed by atoms with Crippen LogP contribution in [0, 0.1) is 31.1 Å². The number of fused-ring (bicyclic) bond motifs is 2. The average Bonchev–Trinajstić information content (AvgIpc) is 3.49. The molecule has 36 heavy (non-hydrogen) atoms. The van der Waals surface area contributed by atoms with Crippen LogP contribution >= 0.6 is 0 Å². The molecule has 2 fully saturated rings. The van der Waals surface area contributed by atoms with Crippen molar-refractivity contribution >= 4 is 22.4 Å². The first-order valence-corrected chi connectivity index (χ1v) is 12.4. The zero-order valence-electron chi connectivity index (χ0n) is 20.4. The Kier molecular flexibility index (Phi) is 5.36. The molecule has 6 rings (SSSR count). The third-order valence-electron chi connectivity index (χ3n) is 7.81. The molecule has 2 aliphatic rings. The number of rotatable bonds is 3. The van der Waals surface area contributed by atoms with E-state index in [0.717, 1.165) is 36.3 Å². The molecule has 2 aromatic carbocycles. The molecule has 0 spiro atoms. The molecule has 4 aromatic rings. The maximum Gasteiger partial charge on any atom is 0.263 e. The number of benzene rings is 2. The van der Waals surface area contributed by atoms with Gasteiger partial charge >= 0.3 is 0 Å². The van der Waals surface area contributed by atoms with Crippen LogP contribution in [0.2, 0.25) is 0 Å². The Labute approximate surface area is 208 Å². The van der Waals surface area contributed by atoms with Crippen LogP contribution in [0.1, 0.15) is 31.2 Å². The maximum atomic E-state index is 14.7. The first-order valence-electron chi connectivity index (χ1n) is 12.4. The van der Waals surface area contributed by atoms with E-state index in [1.165, 1.54) is 31.4 Å². The van der Waals surface area contributed by atoms with Crippen molar-refractivity contribution in [3.05, 3.63) is 75.7 Å². The number of anilines is 1. The molecule has 3 heterocycles. The monoisotopic (exact) mass is 482 g/mol. The molecule has 1 saturated carbocycles. The summed E-state index contributed by atoms with van der Waals surface area (Å²) in [7, 11) is 1.85. The Morgan fingerprint density at radius 2 is 1.94 bits per heavy atom. The zero-order valence-corrected chi connectivity index (χ0v) is 20.4. The first kappa shape index (κ1) is 22.5. The highest BCUT2D eigenvalue weighted by Crippen LogP contribution is 2.39. The summed E-state index contributed by atoms with van der Waals surface area (Å²) >= 11 is 0. The van der Waals surface area contributed by atoms with E-state index in [0.29, 0.717) is 34.4 Å². The molecule has 7 nitrogen and oxygen atoms in total. The van der Waals surface area contributed by atoms with Gasteiger partial charge in [0.25, 0.3) is 5.56 Å². The van der Waals surface area contributed by atoms with Crippen LogP contribution in [0.4, 0.5) is 15.9 Å². The van der Waals surface area contributed by atoms with Gasteiger partial charge in [0, 0.05) is 37.3 Å². The lowest BCUT2D eigenvalue weighted by atomic mass is 9.88. The van der Waals surface area contributed by atoms with E-state index in [9.17, 15) is 9.18 Å². The summed E-state index contributed by atoms with van der Waals surface area (Å²) in [6, 6.07) is 10.0. The molecule has 0 N–H and O–H groups in total. The van der Waals surface area contributed by atoms with Crippen molar-refractivity contribution in [2.45, 2.75) is 32.6 Å². The average molecular weight is 483 g/mol. The fraction of sp³-hybridized carbons (Fsp3) is 0.357. The Bertz CT molecular complexity index is 1600. The summed E-state index contributed by atoms with van der Waals surface area (Å²) in [4.78, 5) is 24.4. The minimum Gasteiger partial charge on any atom is -0.356 e. The van der Waals surface area contributed by atoms with Gasteiger partial charge in [-0.2, -0.15) is 5.10 Å². The lowest BCUT2D eigenvalue weighted by Crippen LogP contribution is -2.41. The molecular formula is C28H27FN6O. The molecule has 1 aliphatic carbocycles. The number of hydrogen-bond donors (Lipinski definition) is 0. The number of halogens is 1. The quantitative estimate of drug-likeness (QED) is 0.366. The smallest absolute Gasteiger partial charge is 0.263 e. The Hall–Kier alpha value is -3.99. The predicted molar refractivity (Wildman–Crippen MR) is 138 cm³/mol. The van der Waals surface area contributed by atoms with Crippen LogP contribution in [0.5, 0.6) is 0 Å². The van der Waals surface area contributed by atoms with Crippen LogP contribution in [0.3, 0.4) is 0 Å². The molecule has 1 aliphatic heterocycles. The van der Waals surface area contributed by atoms with Gasteiger partial charge in [-0.25, -0.2) is 14.2 Å². The summed E-state index contributed by atoms with van der Waals surface area (Å²) in [6.45, 7) is 10.8. The number of aryl methyl sites for hydroxylation is 1. The molecule has 0 radical (unpaired) electrons. The minimum absolute atomic E-state index is 0.0555. The van der Waals surface area contributed by atoms with Crippen molar-refractivity contribution in [2.24, 2.45) is 18.9 Å². The minimum atomic E-state index is -0.625. The van der Waals surface area contributed by atoms with E-state index >= 15 is 0 Å². The highest BCUT2D eigenvalue weighted by molar-refractivity contribution is 5.81. The van der Waals surface area contributed by atoms with Gasteiger partial charge in [0.05, 0.1) is 23.3 Å². The molecule has 2 atom stereocenters. The zero-order chi connectivity index (χ0) is 25.0. The number of hydrogen-bond acceptors (Lipinski definition) is 4. The van der Waals surface area contributed by atoms with E-state index in [2.05, 4.69) is 14.8 Å². The SMILES string of the molecule is [C-]#[N+]c1ccc(-c2nc(N3CCC4CCCC4C3)c(C)c(=O)n2-c2ccc3nn(C)cc3c2)cc1F. The highest BCUT2D eigenvalue weighted by Gasteiger charge is 2.34. The van der Waals surface area contributed by atoms with Crippen molar-refractivity contribution in [1.29, 1.82) is 0 Å². The summed E-state index contributed by atoms with van der Waals surface area (Å²) in [6.07, 6.45) is 6.79. The first-order chi connectivity index (χ1) is 17.4. The molecule has 0 bridgehead atoms. The van der Waals surface area contributed by atoms with E-state index < -0.39 is 5.82 Å². The summed E-state index contributed by atoms with van der Waals surface area (Å²) < 4.78 is 18.0. The maximum absolute atomic E-state index is 14.7. The number of piperidine rings is 1. The number of nitrogens with zero attached hydrogens (tertiary/aromatic N) is 6. The Balaban J connectivity index is 1.55. The van der Waals surface area contributed by atoms with Gasteiger partial charge in [-0.05, 0) is 55.9 Å². The molecule has 2 unspecified atom stereocenters. The van der Waals surface area contributed by atoms with Gasteiger partial charge in [-0.15, -0.1) is 0 Å². The molecule has 0 amide bonds. The largest absolute Gasteiger partial charge is 0.356 e. The van der Waals surface area contributed by atoms with Crippen LogP contribution in [0.15, 0.2) is 47.4 Å². The van der Waals surface area contributed by atoms with E-state index in [1.54, 1.807) is 15.3 Å². The Morgan fingerprint density at radius 1 is 1.11 bits per heavy atom. The molecule has 2 aromatic heterocycles. The lowest BCUT2D eigenvalue weighted by molar-refractivity contribution is 0.322. The molecule has 8 heteroatoms. The lowest BCUT2D eigenvalue weighted by Gasteiger charge is -2.36. The predicted octanol–water partition coefficient (Wildman–Crippen LogP) is 5.41. The van der Waals surface area contributed by atoms with Crippen LogP contribution in [0.25, 0.3) is 32.8 Å². The van der Waals surface area contributed by atoms with Crippen molar-refractivity contribution in [3.8, 4) is 17.1 Å². The second kappa shape index (κ2) is 8.59. The molecule has 182 valence electrons. The van der Waals surface area contributed by atoms with Gasteiger partial charge in [-0.3, -0.25) is 14.0 Å². The normalized spacial score (nSPS) is 19.4. The molecule has 1 saturated heterocycles. The van der Waals surface area contributed by atoms with E-state index in [-0.39, 0.29) is 11.2 Å². The fourth-order valence-electron chi connectivity index (χ4n) is 5.97. The van der Waals surface area contributed by atoms with Crippen molar-refractivity contribution in [1.82, 2.24) is 19.3 Å². The highest BCUT2D eigenvalue weighted by atomic mass is 19.1. The second-order valence-corrected chi connectivity index (χ2v) is 10.0. The third-order valence-corrected chi connectivity index (χ3v) is 7.81. The number of aromatic nitrogens is 4. The summed E-state index contributed by atoms with van der Waals surface area (Å²) in [5.74, 6) is 1.82. The summed E-state index contributed by atoms with van der Waals surface area (Å²) in [5.41, 5.74) is 2.27. The standard InChI is InChI=1S/C28H27FN6O/c1-17-26(34-12-11-18-5-4-6-20(18)16-34)31-27(19-7-9-25(30-2)23(29)14-19)35(28(17)36)22-8-10-24-21(13-22)15-33(3)32-24/h7-10,13-15,18,20H,4-6,11-12,16H2,1,3H3. The van der Waals surface area contributed by atoms with E-state index in [4.69, 9.17) is 11.6 Å². The van der Waals surface area contributed by atoms with Gasteiger partial charge in [-0.1, -0.05) is 25.0 Å². The van der Waals surface area contributed by atoms with Crippen LogP contribution < -0.4 is 10.5 Å². The van der Waals surface area contributed by atoms with Gasteiger partial charge in [0.15, 0.2) is 0 Å². The van der Waals surface area contributed by atoms with Crippen molar-refractivity contribution < 1.29 is 4.39 Å². The Morgan fingerprint density at radius 3 is 2.75 bits per heavy atom. The third kappa shape index (κ3) is 3.67. The topological polar surface area (TPSA) is 60.3 Å². The van der Waals surface area contributed by atoms with Crippen LogP contribution in [-0.4, -0.2) is 32.4 Å². The van der Waals surface area contributed by atoms with Crippen molar-refractivity contribution in [2.75, 3.05) is 18.0 Å². The van der Waals surface area contributed by atoms with Crippen LogP contribution in [-0.2, 0) is 7.05 Å². The second-order valence-electron chi connectivity index (χ2n) is 10.0. The fourth-order valence-corrected chi connectivity index (χ4v) is 5.97. The van der Waals surface area contributed by atoms with Gasteiger partial charge in [0.1, 0.15) is 17.5 Å². The van der Waals surface area contributed by atoms with Crippen molar-refractivity contribution in [3.63, 3.8) is 0 Å². The molecular weight excluding hydrogens is 455 g/mol. The summed E-state index contributed by atoms with van der Waals surface area (Å²) in [5, 5.41) is 5.33. The van der Waals surface area contributed by atoms with E-state index in [1.807, 2.05) is 38.4 Å². The van der Waals surface area contributed by atoms with Gasteiger partial charge in [0.2, 0.25) is 5.69 Å². The van der Waals surface area contributed by atoms with Gasteiger partial charge < -0.3 is 4.90 Å².